The fraction of sp³-hybridized carbons (Fsp3) is 0.333. The van der Waals surface area contributed by atoms with Crippen molar-refractivity contribution in [3.05, 3.63) is 48.2 Å². The van der Waals surface area contributed by atoms with Crippen LogP contribution >= 0.6 is 0 Å². The number of nitrogens with zero attached hydrogens (tertiary/aromatic N) is 2. The molecule has 1 heterocycles. The molecule has 0 saturated heterocycles. The number of rotatable bonds is 2. The maximum atomic E-state index is 3.95. The minimum atomic E-state index is 0. The zero-order chi connectivity index (χ0) is 13.8. The molecule has 0 aliphatic heterocycles. The lowest BCUT2D eigenvalue weighted by molar-refractivity contribution is 1.04. The van der Waals surface area contributed by atoms with E-state index in [0.717, 1.165) is 11.5 Å². The van der Waals surface area contributed by atoms with E-state index in [1.54, 1.807) is 6.20 Å². The van der Waals surface area contributed by atoms with Gasteiger partial charge < -0.3 is 5.32 Å². The van der Waals surface area contributed by atoms with Crippen LogP contribution in [0, 0.1) is 6.92 Å². The summed E-state index contributed by atoms with van der Waals surface area (Å²) in [6, 6.07) is 11.8. The first-order chi connectivity index (χ1) is 8.86. The average molecular weight is 247 g/mol. The quantitative estimate of drug-likeness (QED) is 0.826. The summed E-state index contributed by atoms with van der Waals surface area (Å²) in [5, 5.41) is 11.0. The summed E-state index contributed by atoms with van der Waals surface area (Å²) in [7, 11) is 0. The second-order valence-corrected chi connectivity index (χ2v) is 3.05. The molecule has 3 nitrogen and oxygen atoms in total. The fourth-order valence-corrected chi connectivity index (χ4v) is 1.22. The number of aromatic nitrogens is 2. The smallest absolute Gasteiger partial charge is 0.153 e. The van der Waals surface area contributed by atoms with Crippen LogP contribution in [0.4, 0.5) is 11.5 Å². The van der Waals surface area contributed by atoms with E-state index in [1.165, 1.54) is 5.56 Å². The maximum Gasteiger partial charge on any atom is 0.153 e. The Kier molecular flexibility index (Phi) is 9.18. The zero-order valence-corrected chi connectivity index (χ0v) is 11.9. The summed E-state index contributed by atoms with van der Waals surface area (Å²) in [6.07, 6.45) is 1.66. The molecule has 0 bridgehead atoms. The third kappa shape index (κ3) is 5.43. The van der Waals surface area contributed by atoms with Crippen molar-refractivity contribution < 1.29 is 1.43 Å². The van der Waals surface area contributed by atoms with Crippen LogP contribution in [0.1, 0.15) is 34.7 Å². The maximum absolute atomic E-state index is 3.95. The lowest BCUT2D eigenvalue weighted by atomic mass is 10.2. The topological polar surface area (TPSA) is 37.8 Å². The van der Waals surface area contributed by atoms with Crippen molar-refractivity contribution >= 4 is 11.5 Å². The van der Waals surface area contributed by atoms with E-state index in [-0.39, 0.29) is 1.43 Å². The van der Waals surface area contributed by atoms with Gasteiger partial charge in [-0.2, -0.15) is 5.10 Å². The van der Waals surface area contributed by atoms with Gasteiger partial charge in [0.15, 0.2) is 5.82 Å². The Hall–Kier alpha value is -1.90. The van der Waals surface area contributed by atoms with Crippen molar-refractivity contribution in [2.24, 2.45) is 0 Å². The van der Waals surface area contributed by atoms with Crippen LogP contribution in [0.25, 0.3) is 0 Å². The normalized spacial score (nSPS) is 8.28. The Labute approximate surface area is 112 Å². The zero-order valence-electron chi connectivity index (χ0n) is 11.9. The third-order valence-corrected chi connectivity index (χ3v) is 1.98. The van der Waals surface area contributed by atoms with E-state index >= 15 is 0 Å². The summed E-state index contributed by atoms with van der Waals surface area (Å²) in [6.45, 7) is 10.1. The lowest BCUT2D eigenvalue weighted by Crippen LogP contribution is -1.95. The highest BCUT2D eigenvalue weighted by Gasteiger charge is 1.97. The molecule has 1 N–H and O–H groups in total. The SMILES string of the molecule is CC.CC.Cc1ccccc1Nc1cccnn1.[HH]. The number of benzene rings is 1. The molecule has 1 aromatic heterocycles. The number of hydrogen-bond donors (Lipinski definition) is 1. The Morgan fingerprint density at radius 1 is 0.944 bits per heavy atom. The molecule has 0 unspecified atom stereocenters. The average Bonchev–Trinajstić information content (AvgIpc) is 2.47. The van der Waals surface area contributed by atoms with Crippen molar-refractivity contribution in [3.63, 3.8) is 0 Å². The molecule has 18 heavy (non-hydrogen) atoms. The minimum absolute atomic E-state index is 0. The van der Waals surface area contributed by atoms with Crippen LogP contribution in [0.5, 0.6) is 0 Å². The number of para-hydroxylation sites is 1. The molecule has 1 aromatic carbocycles. The molecule has 0 aliphatic carbocycles. The highest BCUT2D eigenvalue weighted by molar-refractivity contribution is 5.59. The van der Waals surface area contributed by atoms with Gasteiger partial charge in [0.25, 0.3) is 0 Å². The Balaban J connectivity index is 0. The summed E-state index contributed by atoms with van der Waals surface area (Å²) in [5.74, 6) is 0.766. The van der Waals surface area contributed by atoms with Gasteiger partial charge in [0.2, 0.25) is 0 Å². The Bertz CT molecular complexity index is 419. The van der Waals surface area contributed by atoms with Crippen LogP contribution in [0.15, 0.2) is 42.6 Å². The Morgan fingerprint density at radius 2 is 1.61 bits per heavy atom. The standard InChI is InChI=1S/C11H11N3.2C2H6.H2/c1-9-5-2-3-6-10(9)13-11-7-4-8-12-14-11;2*1-2;/h2-8H,1H3,(H,13,14);2*1-2H3;1H. The lowest BCUT2D eigenvalue weighted by Gasteiger charge is -2.06. The molecule has 100 valence electrons. The molecular weight excluding hydrogens is 222 g/mol. The first kappa shape index (κ1) is 16.1. The van der Waals surface area contributed by atoms with Crippen LogP contribution in [0.3, 0.4) is 0 Å². The van der Waals surface area contributed by atoms with Crippen molar-refractivity contribution in [2.75, 3.05) is 5.32 Å². The van der Waals surface area contributed by atoms with E-state index in [2.05, 4.69) is 28.5 Å². The predicted molar refractivity (Wildman–Crippen MR) is 81.3 cm³/mol. The van der Waals surface area contributed by atoms with Gasteiger partial charge in [0.1, 0.15) is 0 Å². The molecule has 0 radical (unpaired) electrons. The summed E-state index contributed by atoms with van der Waals surface area (Å²) < 4.78 is 0. The van der Waals surface area contributed by atoms with Crippen molar-refractivity contribution in [2.45, 2.75) is 34.6 Å². The van der Waals surface area contributed by atoms with Crippen molar-refractivity contribution in [1.82, 2.24) is 10.2 Å². The second kappa shape index (κ2) is 10.3. The molecule has 0 saturated carbocycles. The van der Waals surface area contributed by atoms with Crippen LogP contribution in [0.2, 0.25) is 0 Å². The third-order valence-electron chi connectivity index (χ3n) is 1.98. The highest BCUT2D eigenvalue weighted by atomic mass is 15.2. The van der Waals surface area contributed by atoms with Crippen LogP contribution < -0.4 is 5.32 Å². The van der Waals surface area contributed by atoms with E-state index in [0.29, 0.717) is 0 Å². The monoisotopic (exact) mass is 247 g/mol. The molecule has 2 rings (SSSR count). The molecule has 3 heteroatoms. The molecule has 0 atom stereocenters. The summed E-state index contributed by atoms with van der Waals surface area (Å²) in [5.41, 5.74) is 2.26. The fourth-order valence-electron chi connectivity index (χ4n) is 1.22. The van der Waals surface area contributed by atoms with Gasteiger partial charge in [0, 0.05) is 13.3 Å². The highest BCUT2D eigenvalue weighted by Crippen LogP contribution is 2.17. The minimum Gasteiger partial charge on any atom is -0.339 e. The van der Waals surface area contributed by atoms with Crippen molar-refractivity contribution in [1.29, 1.82) is 0 Å². The van der Waals surface area contributed by atoms with Gasteiger partial charge in [-0.1, -0.05) is 45.9 Å². The van der Waals surface area contributed by atoms with E-state index in [1.807, 2.05) is 58.0 Å². The molecule has 2 aromatic rings. The molecule has 0 aliphatic rings. The number of nitrogens with one attached hydrogen (secondary N) is 1. The Morgan fingerprint density at radius 3 is 2.17 bits per heavy atom. The van der Waals surface area contributed by atoms with Gasteiger partial charge in [-0.05, 0) is 30.7 Å². The molecular formula is C15H25N3. The van der Waals surface area contributed by atoms with Gasteiger partial charge >= 0.3 is 0 Å². The molecule has 0 amide bonds. The second-order valence-electron chi connectivity index (χ2n) is 3.05. The van der Waals surface area contributed by atoms with Crippen molar-refractivity contribution in [3.8, 4) is 0 Å². The molecule has 0 fully saturated rings. The number of aryl methyl sites for hydroxylation is 1. The summed E-state index contributed by atoms with van der Waals surface area (Å²) >= 11 is 0. The van der Waals surface area contributed by atoms with Crippen LogP contribution in [-0.2, 0) is 0 Å². The van der Waals surface area contributed by atoms with Gasteiger partial charge in [-0.3, -0.25) is 0 Å². The van der Waals surface area contributed by atoms with Crippen LogP contribution in [-0.4, -0.2) is 10.2 Å². The number of hydrogen-bond acceptors (Lipinski definition) is 3. The van der Waals surface area contributed by atoms with E-state index in [4.69, 9.17) is 0 Å². The van der Waals surface area contributed by atoms with E-state index < -0.39 is 0 Å². The summed E-state index contributed by atoms with van der Waals surface area (Å²) in [4.78, 5) is 0. The van der Waals surface area contributed by atoms with Gasteiger partial charge in [0.05, 0.1) is 0 Å². The largest absolute Gasteiger partial charge is 0.339 e. The first-order valence-electron chi connectivity index (χ1n) is 6.46. The predicted octanol–water partition coefficient (Wildman–Crippen LogP) is 4.83. The van der Waals surface area contributed by atoms with Gasteiger partial charge in [-0.25, -0.2) is 0 Å². The van der Waals surface area contributed by atoms with E-state index in [9.17, 15) is 0 Å². The first-order valence-corrected chi connectivity index (χ1v) is 6.46. The molecule has 0 spiro atoms. The van der Waals surface area contributed by atoms with Gasteiger partial charge in [-0.15, -0.1) is 5.10 Å². The number of anilines is 2.